The molecule has 6 saturated heterocycles. The van der Waals surface area contributed by atoms with Crippen LogP contribution in [-0.4, -0.2) is 185 Å². The van der Waals surface area contributed by atoms with E-state index in [-0.39, 0.29) is 90.3 Å². The maximum Gasteiger partial charge on any atom is 0.411 e. The quantitative estimate of drug-likeness (QED) is 0.0490. The van der Waals surface area contributed by atoms with Crippen molar-refractivity contribution in [3.63, 3.8) is 0 Å². The van der Waals surface area contributed by atoms with E-state index in [2.05, 4.69) is 152 Å². The molecule has 0 radical (unpaired) electrons. The fraction of sp³-hybridized carbons (Fsp3) is 0.485. The molecular formula is C97H114N14O12. The maximum absolute atomic E-state index is 14.4. The highest BCUT2D eigenvalue weighted by Crippen LogP contribution is 2.60. The second-order valence-electron chi connectivity index (χ2n) is 38.1. The van der Waals surface area contributed by atoms with Crippen molar-refractivity contribution in [2.24, 2.45) is 34.5 Å². The molecule has 10 aromatic rings. The number of aromatic amines is 4. The Hall–Kier alpha value is -11.4. The molecule has 10 aliphatic rings. The zero-order valence-corrected chi connectivity index (χ0v) is 70.8. The van der Waals surface area contributed by atoms with Gasteiger partial charge in [-0.15, -0.1) is 0 Å². The smallest absolute Gasteiger partial charge is 0.411 e. The molecule has 123 heavy (non-hydrogen) atoms. The largest absolute Gasteiger partial charge is 0.453 e. The number of alkyl carbamates (subject to hydrolysis) is 2. The molecule has 6 amide bonds. The summed E-state index contributed by atoms with van der Waals surface area (Å²) in [5.74, 6) is 3.69. The molecule has 6 N–H and O–H groups in total. The molecule has 26 heteroatoms. The molecule has 0 unspecified atom stereocenters. The standard InChI is InChI=1S/C52H60N8O8.C44H50N6O4.CH4/c1-65-50(63)57-43(32-13-19-67-20-14-32)48(61)59-29-52(17-18-52)26-42(59)46-53-28-41(55-46)37-10-9-35-23-34(7-8-36(35)24-37)30-3-5-31(6-4-30)40-27-54-47(56-40)45-38-11-12-39(25-38)60(45)49(62)44(58-51(64)66-2)33-15-21-68-22-16-33;1-42(2,3)53-40(51)49-25-44(17-18-44)22-36(49)38-45-24-35(47-38)31-14-13-29-19-28(11-12-30(29)20-31)26-7-9-27(10-8-26)34-23-46-39(48-34)37-32-15-16-33(21-32)50(37)41(52)54-43(4,5)6;/h3-10,23-24,27-28,32-33,38-39,42-45H,11-22,25-26,29H2,1-2H3,(H,53,55)(H,54,56)(H,57,63)(H,58,64);7-14,19-20,23-24,32-33,36-37H,15-18,21-22,25H2,1-6H3,(H,45,47)(H,46,48);1H4/t38-,39+,42-,43-,44-,45-;32-,33+,36-,37-;/m00./s1. The monoisotopic (exact) mass is 1670 g/mol. The predicted molar refractivity (Wildman–Crippen MR) is 467 cm³/mol. The van der Waals surface area contributed by atoms with Crippen LogP contribution in [0.5, 0.6) is 0 Å². The lowest BCUT2D eigenvalue weighted by Crippen LogP contribution is -2.55. The number of nitrogens with zero attached hydrogens (tertiary/aromatic N) is 8. The van der Waals surface area contributed by atoms with Gasteiger partial charge in [-0.1, -0.05) is 104 Å². The van der Waals surface area contributed by atoms with Crippen molar-refractivity contribution in [1.29, 1.82) is 0 Å². The number of carbonyl (C=O) groups excluding carboxylic acids is 6. The molecule has 2 spiro atoms. The van der Waals surface area contributed by atoms with Crippen molar-refractivity contribution in [2.75, 3.05) is 53.7 Å². The number of hydrogen-bond donors (Lipinski definition) is 6. The Morgan fingerprint density at radius 2 is 0.772 bits per heavy atom. The molecule has 6 aromatic carbocycles. The first kappa shape index (κ1) is 82.6. The molecule has 4 aliphatic carbocycles. The summed E-state index contributed by atoms with van der Waals surface area (Å²) in [6, 6.07) is 41.3. The Morgan fingerprint density at radius 1 is 0.423 bits per heavy atom. The van der Waals surface area contributed by atoms with Crippen LogP contribution in [0.4, 0.5) is 19.2 Å². The number of fused-ring (bicyclic) bond motifs is 6. The number of nitrogens with one attached hydrogen (secondary N) is 6. The Bertz CT molecular complexity index is 5600. The van der Waals surface area contributed by atoms with Gasteiger partial charge < -0.3 is 68.8 Å². The number of benzene rings is 6. The van der Waals surface area contributed by atoms with E-state index in [4.69, 9.17) is 48.4 Å². The van der Waals surface area contributed by atoms with Crippen molar-refractivity contribution < 1.29 is 57.2 Å². The van der Waals surface area contributed by atoms with Crippen LogP contribution >= 0.6 is 0 Å². The number of rotatable bonds is 16. The number of methoxy groups -OCH3 is 2. The fourth-order valence-electron chi connectivity index (χ4n) is 21.0. The number of likely N-dealkylation sites (tertiary alicyclic amines) is 4. The average molecular weight is 1670 g/mol. The number of H-pyrrole nitrogens is 4. The summed E-state index contributed by atoms with van der Waals surface area (Å²) >= 11 is 0. The summed E-state index contributed by atoms with van der Waals surface area (Å²) in [6.45, 7) is 15.1. The summed E-state index contributed by atoms with van der Waals surface area (Å²) in [6.07, 6.45) is 20.8. The Balaban J connectivity index is 0.000000171. The topological polar surface area (TPSA) is 310 Å². The first-order chi connectivity index (χ1) is 58.9. The van der Waals surface area contributed by atoms with Gasteiger partial charge >= 0.3 is 24.4 Å². The van der Waals surface area contributed by atoms with E-state index in [0.29, 0.717) is 70.5 Å². The number of aromatic nitrogens is 8. The summed E-state index contributed by atoms with van der Waals surface area (Å²) < 4.78 is 32.6. The van der Waals surface area contributed by atoms with E-state index >= 15 is 0 Å². The van der Waals surface area contributed by atoms with E-state index in [1.165, 1.54) is 14.2 Å². The summed E-state index contributed by atoms with van der Waals surface area (Å²) in [7, 11) is 2.65. The lowest BCUT2D eigenvalue weighted by atomic mass is 9.89. The van der Waals surface area contributed by atoms with Crippen LogP contribution in [0, 0.1) is 34.5 Å². The lowest BCUT2D eigenvalue weighted by Gasteiger charge is -2.39. The third-order valence-electron chi connectivity index (χ3n) is 27.7. The highest BCUT2D eigenvalue weighted by molar-refractivity contribution is 5.93. The van der Waals surface area contributed by atoms with Crippen molar-refractivity contribution >= 4 is 57.7 Å². The van der Waals surface area contributed by atoms with Gasteiger partial charge in [-0.25, -0.2) is 39.1 Å². The van der Waals surface area contributed by atoms with Crippen LogP contribution in [-0.2, 0) is 38.0 Å². The zero-order chi connectivity index (χ0) is 84.1. The highest BCUT2D eigenvalue weighted by atomic mass is 16.6. The van der Waals surface area contributed by atoms with Crippen LogP contribution in [0.25, 0.3) is 88.8 Å². The first-order valence-corrected chi connectivity index (χ1v) is 43.9. The Labute approximate surface area is 717 Å². The molecule has 4 aromatic heterocycles. The third-order valence-corrected chi connectivity index (χ3v) is 27.7. The zero-order valence-electron chi connectivity index (χ0n) is 70.8. The second-order valence-corrected chi connectivity index (χ2v) is 38.1. The van der Waals surface area contributed by atoms with Gasteiger partial charge in [-0.2, -0.15) is 0 Å². The minimum atomic E-state index is -0.685. The van der Waals surface area contributed by atoms with E-state index in [1.54, 1.807) is 0 Å². The number of imidazole rings is 4. The molecule has 20 rings (SSSR count). The van der Waals surface area contributed by atoms with Gasteiger partial charge in [0.1, 0.15) is 46.6 Å². The number of amides is 6. The van der Waals surface area contributed by atoms with Crippen LogP contribution in [0.15, 0.2) is 146 Å². The Kier molecular flexibility index (Phi) is 22.2. The third kappa shape index (κ3) is 16.8. The van der Waals surface area contributed by atoms with E-state index in [9.17, 15) is 28.8 Å². The van der Waals surface area contributed by atoms with Gasteiger partial charge in [-0.3, -0.25) is 19.4 Å². The molecular weight excluding hydrogens is 1550 g/mol. The summed E-state index contributed by atoms with van der Waals surface area (Å²) in [4.78, 5) is 121. The molecule has 10 fully saturated rings. The van der Waals surface area contributed by atoms with E-state index < -0.39 is 35.5 Å². The first-order valence-electron chi connectivity index (χ1n) is 43.9. The van der Waals surface area contributed by atoms with Crippen LogP contribution in [0.2, 0.25) is 0 Å². The van der Waals surface area contributed by atoms with Crippen LogP contribution in [0.1, 0.15) is 199 Å². The molecule has 26 nitrogen and oxygen atoms in total. The van der Waals surface area contributed by atoms with Crippen molar-refractivity contribution in [1.82, 2.24) is 70.1 Å². The van der Waals surface area contributed by atoms with Gasteiger partial charge in [0.25, 0.3) is 0 Å². The molecule has 10 heterocycles. The minimum absolute atomic E-state index is 0. The Morgan fingerprint density at radius 3 is 1.20 bits per heavy atom. The fourth-order valence-corrected chi connectivity index (χ4v) is 21.0. The molecule has 4 saturated carbocycles. The van der Waals surface area contributed by atoms with Gasteiger partial charge in [0.2, 0.25) is 11.8 Å². The molecule has 4 bridgehead atoms. The maximum atomic E-state index is 14.4. The van der Waals surface area contributed by atoms with Gasteiger partial charge in [0.05, 0.1) is 86.0 Å². The SMILES string of the molecule is C.CC(C)(C)OC(=O)N1CC2(CC2)C[C@H]1c1ncc(-c2ccc3cc(-c4ccc(-c5cnc([C@@H]6[C@H]7CC[C@H](C7)N6C(=O)OC(C)(C)C)[nH]5)cc4)ccc3c2)[nH]1.COC(=O)N[C@H](C(=O)N1CC2(CC2)C[C@H]1c1ncc(-c2ccc3cc(-c4ccc(-c5cnc([C@@H]6[C@H]7CC[C@H](C7)N6C(=O)[C@@H](NC(=O)OC)C6CCOCC6)[nH]5)cc4)ccc3c2)[nH]1)C1CCOCC1. The molecule has 6 aliphatic heterocycles. The van der Waals surface area contributed by atoms with Gasteiger partial charge in [0.15, 0.2) is 0 Å². The average Bonchev–Trinajstić information content (AvgIpc) is 1.38. The summed E-state index contributed by atoms with van der Waals surface area (Å²) in [5.41, 5.74) is 11.4. The van der Waals surface area contributed by atoms with E-state index in [0.717, 1.165) is 196 Å². The van der Waals surface area contributed by atoms with Crippen LogP contribution in [0.3, 0.4) is 0 Å². The lowest BCUT2D eigenvalue weighted by molar-refractivity contribution is -0.140. The van der Waals surface area contributed by atoms with E-state index in [1.807, 2.05) is 85.9 Å². The molecule has 644 valence electrons. The van der Waals surface area contributed by atoms with Crippen molar-refractivity contribution in [3.8, 4) is 67.3 Å². The second kappa shape index (κ2) is 33.0. The van der Waals surface area contributed by atoms with Gasteiger partial charge in [0, 0.05) is 62.7 Å². The normalized spacial score (nSPS) is 23.5. The number of carbonyl (C=O) groups is 6. The highest BCUT2D eigenvalue weighted by Gasteiger charge is 2.58. The minimum Gasteiger partial charge on any atom is -0.453 e. The van der Waals surface area contributed by atoms with Crippen molar-refractivity contribution in [2.45, 2.75) is 211 Å². The molecule has 10 atom stereocenters. The summed E-state index contributed by atoms with van der Waals surface area (Å²) in [5, 5.41) is 10.3. The number of piperidine rings is 2. The number of ether oxygens (including phenoxy) is 6. The number of hydrogen-bond acceptors (Lipinski definition) is 16. The van der Waals surface area contributed by atoms with Crippen LogP contribution < -0.4 is 10.6 Å². The van der Waals surface area contributed by atoms with Crippen molar-refractivity contribution in [3.05, 3.63) is 169 Å². The van der Waals surface area contributed by atoms with Gasteiger partial charge in [-0.05, 0) is 258 Å². The predicted octanol–water partition coefficient (Wildman–Crippen LogP) is 18.5.